The zero-order valence-electron chi connectivity index (χ0n) is 16.0. The van der Waals surface area contributed by atoms with Crippen LogP contribution in [0.2, 0.25) is 0 Å². The zero-order valence-corrected chi connectivity index (χ0v) is 18.1. The van der Waals surface area contributed by atoms with Crippen LogP contribution in [-0.4, -0.2) is 22.7 Å². The standard InChI is InChI=1S/C22H21IN2O3/c1-15-20(13-25(2)24-15)21(26)10-4-16-5-11-22(27-3)17(12-16)14-28-19-8-6-18(23)7-9-19/h4-13H,14H2,1-3H3/b10-4+. The monoisotopic (exact) mass is 488 g/mol. The van der Waals surface area contributed by atoms with Gasteiger partial charge in [-0.05, 0) is 77.6 Å². The van der Waals surface area contributed by atoms with Crippen LogP contribution < -0.4 is 9.47 Å². The molecule has 3 rings (SSSR count). The molecular formula is C22H21IN2O3. The van der Waals surface area contributed by atoms with E-state index in [-0.39, 0.29) is 5.78 Å². The quantitative estimate of drug-likeness (QED) is 0.272. The number of carbonyl (C=O) groups is 1. The van der Waals surface area contributed by atoms with Gasteiger partial charge in [0.15, 0.2) is 5.78 Å². The average molecular weight is 488 g/mol. The van der Waals surface area contributed by atoms with Gasteiger partial charge >= 0.3 is 0 Å². The number of ether oxygens (including phenoxy) is 2. The molecule has 6 heteroatoms. The molecule has 0 unspecified atom stereocenters. The van der Waals surface area contributed by atoms with E-state index in [1.807, 2.05) is 49.4 Å². The van der Waals surface area contributed by atoms with Crippen LogP contribution >= 0.6 is 22.6 Å². The second-order valence-corrected chi connectivity index (χ2v) is 7.56. The Morgan fingerprint density at radius 3 is 2.61 bits per heavy atom. The summed E-state index contributed by atoms with van der Waals surface area (Å²) in [7, 11) is 3.44. The average Bonchev–Trinajstić information content (AvgIpc) is 3.04. The molecule has 1 aromatic heterocycles. The number of methoxy groups -OCH3 is 1. The van der Waals surface area contributed by atoms with Crippen LogP contribution in [0, 0.1) is 10.5 Å². The van der Waals surface area contributed by atoms with Crippen LogP contribution in [0.25, 0.3) is 6.08 Å². The van der Waals surface area contributed by atoms with E-state index in [1.54, 1.807) is 37.2 Å². The minimum absolute atomic E-state index is 0.0712. The summed E-state index contributed by atoms with van der Waals surface area (Å²) in [6.07, 6.45) is 5.09. The number of halogens is 1. The number of hydrogen-bond donors (Lipinski definition) is 0. The molecule has 0 saturated carbocycles. The molecule has 1 heterocycles. The van der Waals surface area contributed by atoms with Gasteiger partial charge in [0.2, 0.25) is 0 Å². The smallest absolute Gasteiger partial charge is 0.189 e. The number of carbonyl (C=O) groups excluding carboxylic acids is 1. The number of hydrogen-bond acceptors (Lipinski definition) is 4. The zero-order chi connectivity index (χ0) is 20.1. The highest BCUT2D eigenvalue weighted by Gasteiger charge is 2.10. The van der Waals surface area contributed by atoms with Gasteiger partial charge in [-0.2, -0.15) is 5.10 Å². The summed E-state index contributed by atoms with van der Waals surface area (Å²) in [6.45, 7) is 2.20. The van der Waals surface area contributed by atoms with Gasteiger partial charge in [-0.25, -0.2) is 0 Å². The maximum Gasteiger partial charge on any atom is 0.189 e. The molecule has 0 saturated heterocycles. The minimum Gasteiger partial charge on any atom is -0.496 e. The summed E-state index contributed by atoms with van der Waals surface area (Å²) in [5.41, 5.74) is 3.14. The molecule has 0 aliphatic heterocycles. The van der Waals surface area contributed by atoms with Crippen molar-refractivity contribution in [2.45, 2.75) is 13.5 Å². The van der Waals surface area contributed by atoms with Crippen molar-refractivity contribution in [2.24, 2.45) is 7.05 Å². The molecule has 5 nitrogen and oxygen atoms in total. The van der Waals surface area contributed by atoms with E-state index in [9.17, 15) is 4.79 Å². The molecule has 0 aliphatic carbocycles. The predicted octanol–water partition coefficient (Wildman–Crippen LogP) is 4.82. The summed E-state index contributed by atoms with van der Waals surface area (Å²) in [6, 6.07) is 13.6. The molecule has 0 aliphatic rings. The van der Waals surface area contributed by atoms with E-state index in [0.29, 0.717) is 12.2 Å². The number of aromatic nitrogens is 2. The normalized spacial score (nSPS) is 11.0. The molecule has 0 fully saturated rings. The summed E-state index contributed by atoms with van der Waals surface area (Å²) in [5, 5.41) is 4.21. The van der Waals surface area contributed by atoms with E-state index < -0.39 is 0 Å². The lowest BCUT2D eigenvalue weighted by molar-refractivity contribution is 0.104. The lowest BCUT2D eigenvalue weighted by Gasteiger charge is -2.11. The maximum absolute atomic E-state index is 12.4. The minimum atomic E-state index is -0.0712. The van der Waals surface area contributed by atoms with Gasteiger partial charge in [0.25, 0.3) is 0 Å². The summed E-state index contributed by atoms with van der Waals surface area (Å²) >= 11 is 2.26. The molecule has 0 atom stereocenters. The van der Waals surface area contributed by atoms with Crippen molar-refractivity contribution in [1.29, 1.82) is 0 Å². The van der Waals surface area contributed by atoms with E-state index in [2.05, 4.69) is 27.7 Å². The SMILES string of the molecule is COc1ccc(/C=C/C(=O)c2cn(C)nc2C)cc1COc1ccc(I)cc1. The summed E-state index contributed by atoms with van der Waals surface area (Å²) in [5.74, 6) is 1.47. The van der Waals surface area contributed by atoms with Crippen molar-refractivity contribution in [3.05, 3.63) is 80.7 Å². The fourth-order valence-corrected chi connectivity index (χ4v) is 3.17. The van der Waals surface area contributed by atoms with Gasteiger partial charge in [-0.3, -0.25) is 9.48 Å². The highest BCUT2D eigenvalue weighted by Crippen LogP contribution is 2.23. The Labute approximate surface area is 178 Å². The van der Waals surface area contributed by atoms with Gasteiger partial charge in [-0.1, -0.05) is 12.1 Å². The van der Waals surface area contributed by atoms with Crippen molar-refractivity contribution in [2.75, 3.05) is 7.11 Å². The first-order valence-corrected chi connectivity index (χ1v) is 9.82. The number of aryl methyl sites for hydroxylation is 2. The summed E-state index contributed by atoms with van der Waals surface area (Å²) < 4.78 is 14.1. The van der Waals surface area contributed by atoms with Crippen molar-refractivity contribution in [1.82, 2.24) is 9.78 Å². The van der Waals surface area contributed by atoms with Crippen LogP contribution in [0.1, 0.15) is 27.2 Å². The van der Waals surface area contributed by atoms with Gasteiger partial charge in [0.1, 0.15) is 18.1 Å². The van der Waals surface area contributed by atoms with Crippen LogP contribution in [-0.2, 0) is 13.7 Å². The lowest BCUT2D eigenvalue weighted by atomic mass is 10.1. The van der Waals surface area contributed by atoms with E-state index in [0.717, 1.165) is 31.9 Å². The fourth-order valence-electron chi connectivity index (χ4n) is 2.81. The highest BCUT2D eigenvalue weighted by atomic mass is 127. The van der Waals surface area contributed by atoms with Gasteiger partial charge in [0, 0.05) is 22.4 Å². The molecule has 0 amide bonds. The number of benzene rings is 2. The number of nitrogens with zero attached hydrogens (tertiary/aromatic N) is 2. The number of ketones is 1. The van der Waals surface area contributed by atoms with E-state index >= 15 is 0 Å². The Kier molecular flexibility index (Phi) is 6.51. The van der Waals surface area contributed by atoms with Crippen molar-refractivity contribution >= 4 is 34.5 Å². The van der Waals surface area contributed by atoms with Gasteiger partial charge < -0.3 is 9.47 Å². The first-order valence-electron chi connectivity index (χ1n) is 8.74. The highest BCUT2D eigenvalue weighted by molar-refractivity contribution is 14.1. The third-order valence-electron chi connectivity index (χ3n) is 4.22. The second-order valence-electron chi connectivity index (χ2n) is 6.31. The Morgan fingerprint density at radius 1 is 1.21 bits per heavy atom. The predicted molar refractivity (Wildman–Crippen MR) is 118 cm³/mol. The van der Waals surface area contributed by atoms with Gasteiger partial charge in [-0.15, -0.1) is 0 Å². The molecule has 144 valence electrons. The molecular weight excluding hydrogens is 467 g/mol. The lowest BCUT2D eigenvalue weighted by Crippen LogP contribution is -1.99. The van der Waals surface area contributed by atoms with Crippen LogP contribution in [0.3, 0.4) is 0 Å². The second kappa shape index (κ2) is 9.05. The van der Waals surface area contributed by atoms with Crippen LogP contribution in [0.4, 0.5) is 0 Å². The largest absolute Gasteiger partial charge is 0.496 e. The molecule has 0 N–H and O–H groups in total. The maximum atomic E-state index is 12.4. The Morgan fingerprint density at radius 2 is 1.96 bits per heavy atom. The van der Waals surface area contributed by atoms with E-state index in [1.165, 1.54) is 0 Å². The Balaban J connectivity index is 1.75. The molecule has 0 radical (unpaired) electrons. The van der Waals surface area contributed by atoms with Crippen molar-refractivity contribution in [3.8, 4) is 11.5 Å². The summed E-state index contributed by atoms with van der Waals surface area (Å²) in [4.78, 5) is 12.4. The molecule has 0 bridgehead atoms. The molecule has 2 aromatic carbocycles. The molecule has 28 heavy (non-hydrogen) atoms. The van der Waals surface area contributed by atoms with E-state index in [4.69, 9.17) is 9.47 Å². The first kappa shape index (κ1) is 20.1. The fraction of sp³-hybridized carbons (Fsp3) is 0.182. The molecule has 0 spiro atoms. The number of rotatable bonds is 7. The Bertz CT molecular complexity index is 1010. The number of allylic oxidation sites excluding steroid dienone is 1. The third-order valence-corrected chi connectivity index (χ3v) is 4.94. The third kappa shape index (κ3) is 5.01. The molecule has 3 aromatic rings. The van der Waals surface area contributed by atoms with Crippen molar-refractivity contribution < 1.29 is 14.3 Å². The van der Waals surface area contributed by atoms with Gasteiger partial charge in [0.05, 0.1) is 18.4 Å². The van der Waals surface area contributed by atoms with Crippen molar-refractivity contribution in [3.63, 3.8) is 0 Å². The first-order chi connectivity index (χ1) is 13.5. The van der Waals surface area contributed by atoms with Crippen LogP contribution in [0.15, 0.2) is 54.7 Å². The Hall–Kier alpha value is -2.61. The van der Waals surface area contributed by atoms with Crippen LogP contribution in [0.5, 0.6) is 11.5 Å². The topological polar surface area (TPSA) is 53.4 Å².